The van der Waals surface area contributed by atoms with Crippen molar-refractivity contribution in [2.45, 2.75) is 44.2 Å². The molecule has 1 N–H and O–H groups in total. The molecule has 2 amide bonds. The molecule has 0 aromatic heterocycles. The zero-order chi connectivity index (χ0) is 33.1. The number of nitrogens with zero attached hydrogens (tertiary/aromatic N) is 2. The largest absolute Gasteiger partial charge is 0.492 e. The number of carbonyl (C=O) groups is 2. The molecule has 0 spiro atoms. The summed E-state index contributed by atoms with van der Waals surface area (Å²) >= 11 is 13.1. The molecule has 4 rings (SSSR count). The van der Waals surface area contributed by atoms with E-state index in [1.807, 2.05) is 37.3 Å². The average Bonchev–Trinajstić information content (AvgIpc) is 3.06. The highest BCUT2D eigenvalue weighted by Crippen LogP contribution is 2.33. The lowest BCUT2D eigenvalue weighted by Gasteiger charge is -2.34. The number of sulfonamides is 1. The molecule has 0 unspecified atom stereocenters. The Kier molecular flexibility index (Phi) is 12.5. The molecule has 242 valence electrons. The van der Waals surface area contributed by atoms with Crippen molar-refractivity contribution < 1.29 is 22.7 Å². The Labute approximate surface area is 280 Å². The summed E-state index contributed by atoms with van der Waals surface area (Å²) in [4.78, 5) is 29.8. The minimum absolute atomic E-state index is 0.00340. The van der Waals surface area contributed by atoms with E-state index in [4.69, 9.17) is 27.9 Å². The molecule has 46 heavy (non-hydrogen) atoms. The lowest BCUT2D eigenvalue weighted by Crippen LogP contribution is -2.53. The SMILES string of the molecule is CCCNC(=O)[C@H](Cc1ccccc1)N(Cc1c(Cl)cccc1Cl)C(=O)CN(c1ccccc1OCC)S(=O)(=O)c1ccccc1. The van der Waals surface area contributed by atoms with Crippen molar-refractivity contribution in [1.29, 1.82) is 0 Å². The van der Waals surface area contributed by atoms with Gasteiger partial charge in [0.25, 0.3) is 10.0 Å². The van der Waals surface area contributed by atoms with E-state index in [0.717, 1.165) is 9.87 Å². The Morgan fingerprint density at radius 3 is 2.07 bits per heavy atom. The standard InChI is InChI=1S/C35H37Cl2N3O5S/c1-3-22-38-35(42)32(23-26-14-7-5-8-15-26)39(24-28-29(36)18-13-19-30(28)37)34(41)25-40(31-20-11-12-21-33(31)45-4-2)46(43,44)27-16-9-6-10-17-27/h5-21,32H,3-4,22-25H2,1-2H3,(H,38,42)/t32-/m0/s1. The van der Waals surface area contributed by atoms with Crippen molar-refractivity contribution in [3.8, 4) is 5.75 Å². The van der Waals surface area contributed by atoms with Gasteiger partial charge in [-0.1, -0.05) is 96.9 Å². The van der Waals surface area contributed by atoms with Crippen molar-refractivity contribution in [1.82, 2.24) is 10.2 Å². The second kappa shape index (κ2) is 16.5. The van der Waals surface area contributed by atoms with Gasteiger partial charge in [-0.05, 0) is 55.3 Å². The maximum absolute atomic E-state index is 14.6. The Balaban J connectivity index is 1.86. The van der Waals surface area contributed by atoms with Crippen LogP contribution in [0.4, 0.5) is 5.69 Å². The molecule has 0 aliphatic carbocycles. The summed E-state index contributed by atoms with van der Waals surface area (Å²) in [6.45, 7) is 3.63. The van der Waals surface area contributed by atoms with E-state index in [0.29, 0.717) is 34.3 Å². The van der Waals surface area contributed by atoms with E-state index < -0.39 is 28.5 Å². The van der Waals surface area contributed by atoms with E-state index in [1.165, 1.54) is 17.0 Å². The van der Waals surface area contributed by atoms with Crippen LogP contribution >= 0.6 is 23.2 Å². The minimum Gasteiger partial charge on any atom is -0.492 e. The summed E-state index contributed by atoms with van der Waals surface area (Å²) in [5.41, 5.74) is 1.44. The van der Waals surface area contributed by atoms with Crippen LogP contribution < -0.4 is 14.4 Å². The number of benzene rings is 4. The van der Waals surface area contributed by atoms with Gasteiger partial charge in [-0.25, -0.2) is 8.42 Å². The predicted molar refractivity (Wildman–Crippen MR) is 183 cm³/mol. The molecule has 0 fully saturated rings. The molecule has 0 bridgehead atoms. The van der Waals surface area contributed by atoms with Gasteiger partial charge in [-0.2, -0.15) is 0 Å². The van der Waals surface area contributed by atoms with Crippen LogP contribution in [0, 0.1) is 0 Å². The summed E-state index contributed by atoms with van der Waals surface area (Å²) in [6, 6.07) is 27.8. The maximum atomic E-state index is 14.6. The van der Waals surface area contributed by atoms with Crippen molar-refractivity contribution in [2.75, 3.05) is 24.0 Å². The first-order valence-electron chi connectivity index (χ1n) is 15.0. The van der Waals surface area contributed by atoms with Crippen LogP contribution in [0.3, 0.4) is 0 Å². The number of ether oxygens (including phenoxy) is 1. The normalized spacial score (nSPS) is 11.8. The van der Waals surface area contributed by atoms with E-state index >= 15 is 0 Å². The molecule has 0 radical (unpaired) electrons. The van der Waals surface area contributed by atoms with Crippen molar-refractivity contribution in [3.63, 3.8) is 0 Å². The number of hydrogen-bond acceptors (Lipinski definition) is 5. The zero-order valence-corrected chi connectivity index (χ0v) is 28.1. The van der Waals surface area contributed by atoms with Gasteiger partial charge in [-0.15, -0.1) is 0 Å². The van der Waals surface area contributed by atoms with Crippen LogP contribution in [0.15, 0.2) is 108 Å². The number of nitrogens with one attached hydrogen (secondary N) is 1. The van der Waals surface area contributed by atoms with Crippen LogP contribution in [0.2, 0.25) is 10.0 Å². The van der Waals surface area contributed by atoms with E-state index in [1.54, 1.807) is 67.6 Å². The second-order valence-corrected chi connectivity index (χ2v) is 13.1. The van der Waals surface area contributed by atoms with Crippen molar-refractivity contribution in [2.24, 2.45) is 0 Å². The highest BCUT2D eigenvalue weighted by molar-refractivity contribution is 7.92. The first kappa shape index (κ1) is 34.8. The number of halogens is 2. The number of hydrogen-bond donors (Lipinski definition) is 1. The maximum Gasteiger partial charge on any atom is 0.264 e. The molecule has 4 aromatic rings. The third-order valence-electron chi connectivity index (χ3n) is 7.25. The topological polar surface area (TPSA) is 96.0 Å². The number of para-hydroxylation sites is 2. The number of rotatable bonds is 15. The molecular weight excluding hydrogens is 645 g/mol. The number of amides is 2. The van der Waals surface area contributed by atoms with Crippen LogP contribution in [0.25, 0.3) is 0 Å². The molecule has 0 saturated carbocycles. The fraction of sp³-hybridized carbons (Fsp3) is 0.257. The van der Waals surface area contributed by atoms with Crippen LogP contribution in [0.5, 0.6) is 5.75 Å². The number of anilines is 1. The molecule has 0 saturated heterocycles. The second-order valence-electron chi connectivity index (χ2n) is 10.4. The Morgan fingerprint density at radius 1 is 0.826 bits per heavy atom. The molecule has 0 heterocycles. The first-order valence-corrected chi connectivity index (χ1v) is 17.2. The Hall–Kier alpha value is -4.05. The van der Waals surface area contributed by atoms with Crippen molar-refractivity contribution >= 4 is 50.7 Å². The first-order chi connectivity index (χ1) is 22.2. The summed E-state index contributed by atoms with van der Waals surface area (Å²) in [6.07, 6.45) is 0.858. The third-order valence-corrected chi connectivity index (χ3v) is 9.74. The molecule has 0 aliphatic rings. The van der Waals surface area contributed by atoms with Crippen LogP contribution in [-0.2, 0) is 32.6 Å². The van der Waals surface area contributed by atoms with Gasteiger partial charge in [0, 0.05) is 35.1 Å². The lowest BCUT2D eigenvalue weighted by molar-refractivity contribution is -0.140. The summed E-state index contributed by atoms with van der Waals surface area (Å²) in [5, 5.41) is 3.55. The average molecular weight is 683 g/mol. The van der Waals surface area contributed by atoms with Gasteiger partial charge < -0.3 is 15.0 Å². The smallest absolute Gasteiger partial charge is 0.264 e. The Bertz CT molecular complexity index is 1700. The van der Waals surface area contributed by atoms with Gasteiger partial charge in [0.05, 0.1) is 17.2 Å². The zero-order valence-electron chi connectivity index (χ0n) is 25.7. The molecular formula is C35H37Cl2N3O5S. The minimum atomic E-state index is -4.28. The highest BCUT2D eigenvalue weighted by atomic mass is 35.5. The van der Waals surface area contributed by atoms with Crippen molar-refractivity contribution in [3.05, 3.63) is 124 Å². The molecule has 11 heteroatoms. The highest BCUT2D eigenvalue weighted by Gasteiger charge is 2.36. The number of carbonyl (C=O) groups excluding carboxylic acids is 2. The lowest BCUT2D eigenvalue weighted by atomic mass is 10.0. The van der Waals surface area contributed by atoms with Crippen LogP contribution in [0.1, 0.15) is 31.4 Å². The quantitative estimate of drug-likeness (QED) is 0.150. The van der Waals surface area contributed by atoms with E-state index in [-0.39, 0.29) is 36.1 Å². The van der Waals surface area contributed by atoms with Gasteiger partial charge in [0.1, 0.15) is 18.3 Å². The van der Waals surface area contributed by atoms with E-state index in [9.17, 15) is 18.0 Å². The van der Waals surface area contributed by atoms with Gasteiger partial charge in [0.15, 0.2) is 0 Å². The molecule has 0 aliphatic heterocycles. The van der Waals surface area contributed by atoms with Crippen LogP contribution in [-0.4, -0.2) is 50.9 Å². The summed E-state index contributed by atoms with van der Waals surface area (Å²) < 4.78 is 35.3. The van der Waals surface area contributed by atoms with Gasteiger partial charge in [0.2, 0.25) is 11.8 Å². The Morgan fingerprint density at radius 2 is 1.43 bits per heavy atom. The fourth-order valence-corrected chi connectivity index (χ4v) is 6.91. The van der Waals surface area contributed by atoms with Gasteiger partial charge >= 0.3 is 0 Å². The fourth-order valence-electron chi connectivity index (χ4n) is 4.95. The van der Waals surface area contributed by atoms with E-state index in [2.05, 4.69) is 5.32 Å². The monoisotopic (exact) mass is 681 g/mol. The van der Waals surface area contributed by atoms with Gasteiger partial charge in [-0.3, -0.25) is 13.9 Å². The summed E-state index contributed by atoms with van der Waals surface area (Å²) in [7, 11) is -4.28. The molecule has 4 aromatic carbocycles. The molecule has 1 atom stereocenters. The third kappa shape index (κ3) is 8.60. The molecule has 8 nitrogen and oxygen atoms in total. The predicted octanol–water partition coefficient (Wildman–Crippen LogP) is 6.75. The summed E-state index contributed by atoms with van der Waals surface area (Å²) in [5.74, 6) is -0.719.